The molecular weight excluding hydrogens is 430 g/mol. The van der Waals surface area contributed by atoms with Crippen molar-refractivity contribution in [1.29, 1.82) is 0 Å². The van der Waals surface area contributed by atoms with E-state index in [0.29, 0.717) is 23.4 Å². The van der Waals surface area contributed by atoms with E-state index < -0.39 is 18.4 Å². The Kier molecular flexibility index (Phi) is 4.22. The molecule has 8 nitrogen and oxygen atoms in total. The first-order chi connectivity index (χ1) is 16.7. The Balaban J connectivity index is 1.33. The quantitative estimate of drug-likeness (QED) is 0.347. The van der Waals surface area contributed by atoms with Crippen molar-refractivity contribution in [3.8, 4) is 0 Å². The van der Waals surface area contributed by atoms with Gasteiger partial charge in [-0.2, -0.15) is 0 Å². The average Bonchev–Trinajstić information content (AvgIpc) is 3.47. The van der Waals surface area contributed by atoms with Crippen LogP contribution in [0.25, 0.3) is 43.5 Å². The lowest BCUT2D eigenvalue weighted by Crippen LogP contribution is -2.24. The third-order valence-corrected chi connectivity index (χ3v) is 6.83. The summed E-state index contributed by atoms with van der Waals surface area (Å²) in [5, 5.41) is 30.2. The minimum atomic E-state index is -0.732. The minimum absolute atomic E-state index is 0.235. The van der Waals surface area contributed by atoms with Gasteiger partial charge < -0.3 is 20.3 Å². The van der Waals surface area contributed by atoms with Crippen molar-refractivity contribution in [3.05, 3.63) is 67.3 Å². The van der Waals surface area contributed by atoms with Gasteiger partial charge in [-0.05, 0) is 33.0 Å². The average molecular weight is 451 g/mol. The molecule has 0 unspecified atom stereocenters. The van der Waals surface area contributed by atoms with Crippen LogP contribution in [0, 0.1) is 0 Å². The molecule has 3 atom stereocenters. The van der Waals surface area contributed by atoms with Crippen LogP contribution in [0.4, 0.5) is 11.5 Å². The van der Waals surface area contributed by atoms with Crippen molar-refractivity contribution in [1.82, 2.24) is 19.5 Å². The van der Waals surface area contributed by atoms with Crippen molar-refractivity contribution in [2.24, 2.45) is 0 Å². The van der Waals surface area contributed by atoms with E-state index in [9.17, 15) is 10.2 Å². The Morgan fingerprint density at radius 3 is 2.50 bits per heavy atom. The number of hydrogen-bond acceptors (Lipinski definition) is 7. The minimum Gasteiger partial charge on any atom is -0.394 e. The fourth-order valence-electron chi connectivity index (χ4n) is 5.18. The highest BCUT2D eigenvalue weighted by Gasteiger charge is 2.35. The Hall–Kier alpha value is -3.85. The molecule has 1 aliphatic heterocycles. The van der Waals surface area contributed by atoms with Gasteiger partial charge in [-0.3, -0.25) is 4.57 Å². The Morgan fingerprint density at radius 2 is 1.71 bits per heavy atom. The molecule has 168 valence electrons. The first-order valence-corrected chi connectivity index (χ1v) is 11.3. The van der Waals surface area contributed by atoms with E-state index in [-0.39, 0.29) is 6.61 Å². The first-order valence-electron chi connectivity index (χ1n) is 11.3. The molecule has 34 heavy (non-hydrogen) atoms. The number of imidazole rings is 1. The van der Waals surface area contributed by atoms with Crippen LogP contribution in [0.2, 0.25) is 0 Å². The number of hydrogen-bond donors (Lipinski definition) is 3. The summed E-state index contributed by atoms with van der Waals surface area (Å²) in [4.78, 5) is 13.4. The normalized spacial score (nSPS) is 20.8. The first kappa shape index (κ1) is 19.6. The molecule has 3 N–H and O–H groups in total. The molecule has 0 amide bonds. The summed E-state index contributed by atoms with van der Waals surface area (Å²) in [5.41, 5.74) is 2.15. The smallest absolute Gasteiger partial charge is 0.167 e. The van der Waals surface area contributed by atoms with E-state index in [1.165, 1.54) is 33.3 Å². The van der Waals surface area contributed by atoms with Gasteiger partial charge in [0.25, 0.3) is 0 Å². The van der Waals surface area contributed by atoms with Gasteiger partial charge in [0, 0.05) is 17.5 Å². The third-order valence-electron chi connectivity index (χ3n) is 6.83. The third kappa shape index (κ3) is 2.80. The van der Waals surface area contributed by atoms with Crippen molar-refractivity contribution >= 4 is 55.0 Å². The van der Waals surface area contributed by atoms with Crippen LogP contribution >= 0.6 is 0 Å². The van der Waals surface area contributed by atoms with Gasteiger partial charge in [-0.15, -0.1) is 0 Å². The number of nitrogens with one attached hydrogen (secondary N) is 1. The van der Waals surface area contributed by atoms with Crippen molar-refractivity contribution < 1.29 is 14.9 Å². The molecule has 1 fully saturated rings. The number of anilines is 2. The van der Waals surface area contributed by atoms with Gasteiger partial charge in [0.1, 0.15) is 18.7 Å². The Morgan fingerprint density at radius 1 is 0.941 bits per heavy atom. The van der Waals surface area contributed by atoms with E-state index >= 15 is 0 Å². The highest BCUT2D eigenvalue weighted by Crippen LogP contribution is 2.39. The molecule has 0 spiro atoms. The van der Waals surface area contributed by atoms with E-state index in [1.54, 1.807) is 10.9 Å². The van der Waals surface area contributed by atoms with Crippen molar-refractivity contribution in [2.75, 3.05) is 11.9 Å². The maximum atomic E-state index is 10.1. The SMILES string of the molecule is OC[C@H]1O[C@@H](n2cnc3c(Nc4ccc5ccc6cccc7ccc4c5c67)ncnc32)C[C@@H]1O. The van der Waals surface area contributed by atoms with Gasteiger partial charge in [0.2, 0.25) is 0 Å². The fourth-order valence-corrected chi connectivity index (χ4v) is 5.18. The second-order valence-electron chi connectivity index (χ2n) is 8.76. The van der Waals surface area contributed by atoms with Crippen LogP contribution in [0.5, 0.6) is 0 Å². The topological polar surface area (TPSA) is 105 Å². The predicted molar refractivity (Wildman–Crippen MR) is 130 cm³/mol. The number of benzene rings is 4. The number of ether oxygens (including phenoxy) is 1. The summed E-state index contributed by atoms with van der Waals surface area (Å²) in [6.45, 7) is -0.235. The number of rotatable bonds is 4. The lowest BCUT2D eigenvalue weighted by Gasteiger charge is -2.15. The molecule has 0 saturated carbocycles. The molecule has 7 rings (SSSR count). The van der Waals surface area contributed by atoms with Crippen LogP contribution in [0.15, 0.2) is 67.3 Å². The highest BCUT2D eigenvalue weighted by molar-refractivity contribution is 6.25. The lowest BCUT2D eigenvalue weighted by molar-refractivity contribution is -0.0432. The molecule has 6 aromatic rings. The lowest BCUT2D eigenvalue weighted by atomic mass is 9.93. The summed E-state index contributed by atoms with van der Waals surface area (Å²) < 4.78 is 7.58. The number of aliphatic hydroxyl groups excluding tert-OH is 2. The Bertz CT molecular complexity index is 1660. The molecule has 0 aliphatic carbocycles. The summed E-state index contributed by atoms with van der Waals surface area (Å²) in [7, 11) is 0. The molecule has 0 radical (unpaired) electrons. The molecule has 1 saturated heterocycles. The van der Waals surface area contributed by atoms with Gasteiger partial charge in [0.05, 0.1) is 19.0 Å². The highest BCUT2D eigenvalue weighted by atomic mass is 16.5. The largest absolute Gasteiger partial charge is 0.394 e. The van der Waals surface area contributed by atoms with Gasteiger partial charge in [0.15, 0.2) is 17.0 Å². The van der Waals surface area contributed by atoms with Crippen LogP contribution in [0.3, 0.4) is 0 Å². The monoisotopic (exact) mass is 451 g/mol. The number of aliphatic hydroxyl groups is 2. The number of aromatic nitrogens is 4. The predicted octanol–water partition coefficient (Wildman–Crippen LogP) is 4.11. The molecule has 2 aromatic heterocycles. The van der Waals surface area contributed by atoms with E-state index in [2.05, 4.69) is 74.9 Å². The molecule has 1 aliphatic rings. The van der Waals surface area contributed by atoms with Crippen LogP contribution in [-0.2, 0) is 4.74 Å². The number of nitrogens with zero attached hydrogens (tertiary/aromatic N) is 4. The second-order valence-corrected chi connectivity index (χ2v) is 8.76. The summed E-state index contributed by atoms with van der Waals surface area (Å²) >= 11 is 0. The van der Waals surface area contributed by atoms with Gasteiger partial charge >= 0.3 is 0 Å². The van der Waals surface area contributed by atoms with Crippen molar-refractivity contribution in [2.45, 2.75) is 24.9 Å². The summed E-state index contributed by atoms with van der Waals surface area (Å²) in [5.74, 6) is 0.594. The van der Waals surface area contributed by atoms with Gasteiger partial charge in [-0.25, -0.2) is 15.0 Å². The van der Waals surface area contributed by atoms with Crippen molar-refractivity contribution in [3.63, 3.8) is 0 Å². The molecule has 0 bridgehead atoms. The van der Waals surface area contributed by atoms with E-state index in [0.717, 1.165) is 11.1 Å². The van der Waals surface area contributed by atoms with E-state index in [1.807, 2.05) is 0 Å². The summed E-state index contributed by atoms with van der Waals surface area (Å²) in [6, 6.07) is 19.2. The molecular formula is C26H21N5O3. The Labute approximate surface area is 193 Å². The second kappa shape index (κ2) is 7.33. The zero-order valence-corrected chi connectivity index (χ0v) is 18.1. The number of fused-ring (bicyclic) bond motifs is 1. The fraction of sp³-hybridized carbons (Fsp3) is 0.192. The van der Waals surface area contributed by atoms with E-state index in [4.69, 9.17) is 4.74 Å². The molecule has 3 heterocycles. The summed E-state index contributed by atoms with van der Waals surface area (Å²) in [6.07, 6.45) is 1.70. The molecule has 4 aromatic carbocycles. The zero-order chi connectivity index (χ0) is 22.8. The van der Waals surface area contributed by atoms with Gasteiger partial charge in [-0.1, -0.05) is 48.5 Å². The maximum Gasteiger partial charge on any atom is 0.167 e. The zero-order valence-electron chi connectivity index (χ0n) is 18.1. The van der Waals surface area contributed by atoms with Crippen LogP contribution < -0.4 is 5.32 Å². The standard InChI is InChI=1S/C26H21N5O3/c32-11-20-19(33)10-21(34-20)31-13-29-24-25(27-12-28-26(24)31)30-18-9-7-16-5-4-14-2-1-3-15-6-8-17(18)23(16)22(14)15/h1-9,12-13,19-21,32-33H,10-11H2,(H,27,28,30)/t19-,20+,21+/m0/s1. The molecule has 8 heteroatoms. The maximum absolute atomic E-state index is 10.1. The van der Waals surface area contributed by atoms with Crippen LogP contribution in [-0.4, -0.2) is 48.5 Å². The van der Waals surface area contributed by atoms with Crippen LogP contribution in [0.1, 0.15) is 12.6 Å².